The Bertz CT molecular complexity index is 758. The number of nitrogens with zero attached hydrogens (tertiary/aromatic N) is 1. The third kappa shape index (κ3) is 4.44. The van der Waals surface area contributed by atoms with Crippen molar-refractivity contribution in [1.29, 1.82) is 0 Å². The Labute approximate surface area is 149 Å². The van der Waals surface area contributed by atoms with Gasteiger partial charge in [0.2, 0.25) is 6.79 Å². The van der Waals surface area contributed by atoms with Crippen molar-refractivity contribution in [2.75, 3.05) is 20.4 Å². The van der Waals surface area contributed by atoms with Crippen LogP contribution in [0.25, 0.3) is 0 Å². The van der Waals surface area contributed by atoms with Crippen LogP contribution in [0.1, 0.15) is 29.5 Å². The minimum absolute atomic E-state index is 0.298. The van der Waals surface area contributed by atoms with Crippen LogP contribution in [0.4, 0.5) is 0 Å². The summed E-state index contributed by atoms with van der Waals surface area (Å²) >= 11 is 0. The second-order valence-corrected chi connectivity index (χ2v) is 6.31. The zero-order valence-corrected chi connectivity index (χ0v) is 15.0. The molecule has 0 spiro atoms. The molecule has 0 bridgehead atoms. The maximum Gasteiger partial charge on any atom is 0.231 e. The standard InChI is InChI=1S/C20H25N3O2/c1-14-5-4-6-17(9-14)15(2)11-22-20(21-3)23-12-16-7-8-18-19(10-16)25-13-24-18/h4-10,15H,11-13H2,1-3H3,(H2,21,22,23). The summed E-state index contributed by atoms with van der Waals surface area (Å²) in [5.74, 6) is 2.80. The van der Waals surface area contributed by atoms with Crippen molar-refractivity contribution < 1.29 is 9.47 Å². The number of aryl methyl sites for hydroxylation is 1. The fourth-order valence-corrected chi connectivity index (χ4v) is 2.80. The van der Waals surface area contributed by atoms with Gasteiger partial charge < -0.3 is 20.1 Å². The first-order chi connectivity index (χ1) is 12.2. The van der Waals surface area contributed by atoms with E-state index in [1.54, 1.807) is 7.05 Å². The molecule has 2 N–H and O–H groups in total. The number of hydrogen-bond donors (Lipinski definition) is 2. The SMILES string of the molecule is CN=C(NCc1ccc2c(c1)OCO2)NCC(C)c1cccc(C)c1. The molecule has 5 nitrogen and oxygen atoms in total. The number of benzene rings is 2. The topological polar surface area (TPSA) is 54.9 Å². The highest BCUT2D eigenvalue weighted by atomic mass is 16.7. The maximum absolute atomic E-state index is 5.41. The van der Waals surface area contributed by atoms with Crippen LogP contribution in [-0.2, 0) is 6.54 Å². The van der Waals surface area contributed by atoms with Crippen molar-refractivity contribution in [3.8, 4) is 11.5 Å². The van der Waals surface area contributed by atoms with Crippen LogP contribution in [0, 0.1) is 6.92 Å². The molecule has 1 aliphatic rings. The van der Waals surface area contributed by atoms with Crippen molar-refractivity contribution >= 4 is 5.96 Å². The average molecular weight is 339 g/mol. The fraction of sp³-hybridized carbons (Fsp3) is 0.350. The maximum atomic E-state index is 5.41. The summed E-state index contributed by atoms with van der Waals surface area (Å²) in [5, 5.41) is 6.73. The Morgan fingerprint density at radius 1 is 1.12 bits per heavy atom. The molecule has 5 heteroatoms. The van der Waals surface area contributed by atoms with E-state index in [1.807, 2.05) is 18.2 Å². The molecule has 0 radical (unpaired) electrons. The van der Waals surface area contributed by atoms with E-state index in [2.05, 4.69) is 53.7 Å². The first-order valence-corrected chi connectivity index (χ1v) is 8.55. The zero-order chi connectivity index (χ0) is 17.6. The number of nitrogens with one attached hydrogen (secondary N) is 2. The molecule has 2 aromatic rings. The molecule has 1 unspecified atom stereocenters. The summed E-state index contributed by atoms with van der Waals surface area (Å²) in [5.41, 5.74) is 3.74. The van der Waals surface area contributed by atoms with Gasteiger partial charge in [-0.1, -0.05) is 42.8 Å². The zero-order valence-electron chi connectivity index (χ0n) is 15.0. The third-order valence-electron chi connectivity index (χ3n) is 4.31. The van der Waals surface area contributed by atoms with Crippen molar-refractivity contribution in [1.82, 2.24) is 10.6 Å². The second-order valence-electron chi connectivity index (χ2n) is 6.31. The van der Waals surface area contributed by atoms with Gasteiger partial charge >= 0.3 is 0 Å². The lowest BCUT2D eigenvalue weighted by atomic mass is 9.99. The van der Waals surface area contributed by atoms with E-state index in [9.17, 15) is 0 Å². The van der Waals surface area contributed by atoms with E-state index in [4.69, 9.17) is 9.47 Å². The molecular formula is C20H25N3O2. The molecule has 2 aromatic carbocycles. The van der Waals surface area contributed by atoms with Gasteiger partial charge in [-0.15, -0.1) is 0 Å². The van der Waals surface area contributed by atoms with Gasteiger partial charge in [0.15, 0.2) is 17.5 Å². The van der Waals surface area contributed by atoms with E-state index in [0.29, 0.717) is 19.3 Å². The highest BCUT2D eigenvalue weighted by molar-refractivity contribution is 5.79. The van der Waals surface area contributed by atoms with Gasteiger partial charge in [0.05, 0.1) is 0 Å². The lowest BCUT2D eigenvalue weighted by Crippen LogP contribution is -2.38. The van der Waals surface area contributed by atoms with Crippen LogP contribution in [0.2, 0.25) is 0 Å². The summed E-state index contributed by atoms with van der Waals surface area (Å²) in [7, 11) is 1.78. The van der Waals surface area contributed by atoms with E-state index in [0.717, 1.165) is 29.6 Å². The van der Waals surface area contributed by atoms with Crippen molar-refractivity contribution in [2.45, 2.75) is 26.3 Å². The van der Waals surface area contributed by atoms with Gasteiger partial charge in [-0.05, 0) is 36.1 Å². The van der Waals surface area contributed by atoms with Crippen LogP contribution in [0.5, 0.6) is 11.5 Å². The highest BCUT2D eigenvalue weighted by Crippen LogP contribution is 2.32. The lowest BCUT2D eigenvalue weighted by molar-refractivity contribution is 0.174. The number of ether oxygens (including phenoxy) is 2. The third-order valence-corrected chi connectivity index (χ3v) is 4.31. The highest BCUT2D eigenvalue weighted by Gasteiger charge is 2.13. The summed E-state index contributed by atoms with van der Waals surface area (Å²) in [6.07, 6.45) is 0. The fourth-order valence-electron chi connectivity index (χ4n) is 2.80. The predicted molar refractivity (Wildman–Crippen MR) is 100 cm³/mol. The Morgan fingerprint density at radius 2 is 1.96 bits per heavy atom. The van der Waals surface area contributed by atoms with Gasteiger partial charge in [-0.2, -0.15) is 0 Å². The summed E-state index contributed by atoms with van der Waals surface area (Å²) in [4.78, 5) is 4.30. The summed E-state index contributed by atoms with van der Waals surface area (Å²) < 4.78 is 10.8. The number of guanidine groups is 1. The average Bonchev–Trinajstić information content (AvgIpc) is 3.09. The van der Waals surface area contributed by atoms with E-state index >= 15 is 0 Å². The molecule has 1 atom stereocenters. The number of aliphatic imine (C=N–C) groups is 1. The van der Waals surface area contributed by atoms with Crippen molar-refractivity contribution in [3.05, 3.63) is 59.2 Å². The normalized spacial score (nSPS) is 14.3. The van der Waals surface area contributed by atoms with Gasteiger partial charge in [0.25, 0.3) is 0 Å². The van der Waals surface area contributed by atoms with Gasteiger partial charge in [-0.25, -0.2) is 0 Å². The number of rotatable bonds is 5. The molecule has 1 aliphatic heterocycles. The summed E-state index contributed by atoms with van der Waals surface area (Å²) in [6.45, 7) is 6.13. The smallest absolute Gasteiger partial charge is 0.231 e. The van der Waals surface area contributed by atoms with Crippen molar-refractivity contribution in [3.63, 3.8) is 0 Å². The molecule has 0 aromatic heterocycles. The van der Waals surface area contributed by atoms with E-state index < -0.39 is 0 Å². The minimum atomic E-state index is 0.298. The quantitative estimate of drug-likeness (QED) is 0.649. The Hall–Kier alpha value is -2.69. The molecule has 3 rings (SSSR count). The van der Waals surface area contributed by atoms with E-state index in [-0.39, 0.29) is 0 Å². The number of fused-ring (bicyclic) bond motifs is 1. The second kappa shape index (κ2) is 7.92. The largest absolute Gasteiger partial charge is 0.454 e. The van der Waals surface area contributed by atoms with Gasteiger partial charge in [-0.3, -0.25) is 4.99 Å². The van der Waals surface area contributed by atoms with Gasteiger partial charge in [0, 0.05) is 20.1 Å². The number of hydrogen-bond acceptors (Lipinski definition) is 3. The summed E-state index contributed by atoms with van der Waals surface area (Å²) in [6, 6.07) is 14.6. The molecular weight excluding hydrogens is 314 g/mol. The minimum Gasteiger partial charge on any atom is -0.454 e. The molecule has 0 fully saturated rings. The molecule has 0 aliphatic carbocycles. The van der Waals surface area contributed by atoms with Crippen molar-refractivity contribution in [2.24, 2.45) is 4.99 Å². The monoisotopic (exact) mass is 339 g/mol. The Kier molecular flexibility index (Phi) is 5.43. The van der Waals surface area contributed by atoms with Crippen LogP contribution >= 0.6 is 0 Å². The van der Waals surface area contributed by atoms with Crippen LogP contribution in [0.15, 0.2) is 47.5 Å². The molecule has 0 saturated carbocycles. The van der Waals surface area contributed by atoms with Crippen LogP contribution in [0.3, 0.4) is 0 Å². The molecule has 1 heterocycles. The lowest BCUT2D eigenvalue weighted by Gasteiger charge is -2.17. The Morgan fingerprint density at radius 3 is 2.76 bits per heavy atom. The van der Waals surface area contributed by atoms with Crippen LogP contribution < -0.4 is 20.1 Å². The van der Waals surface area contributed by atoms with E-state index in [1.165, 1.54) is 11.1 Å². The molecule has 0 amide bonds. The van der Waals surface area contributed by atoms with Crippen LogP contribution in [-0.4, -0.2) is 26.3 Å². The van der Waals surface area contributed by atoms with Gasteiger partial charge in [0.1, 0.15) is 0 Å². The first kappa shape index (κ1) is 17.1. The molecule has 132 valence electrons. The molecule has 25 heavy (non-hydrogen) atoms. The first-order valence-electron chi connectivity index (χ1n) is 8.55. The Balaban J connectivity index is 1.51. The predicted octanol–water partition coefficient (Wildman–Crippen LogP) is 3.19. The molecule has 0 saturated heterocycles.